The Kier molecular flexibility index (Phi) is 7.51. The molecule has 17 heteroatoms. The first-order valence-corrected chi connectivity index (χ1v) is 13.2. The first-order chi connectivity index (χ1) is 17.2. The molecule has 2 atom stereocenters. The highest BCUT2D eigenvalue weighted by Crippen LogP contribution is 2.41. The van der Waals surface area contributed by atoms with Gasteiger partial charge in [0, 0.05) is 23.0 Å². The third kappa shape index (κ3) is 5.31. The zero-order valence-electron chi connectivity index (χ0n) is 18.7. The van der Waals surface area contributed by atoms with Crippen LogP contribution >= 0.6 is 34.9 Å². The van der Waals surface area contributed by atoms with Crippen molar-refractivity contribution < 1.29 is 28.9 Å². The van der Waals surface area contributed by atoms with E-state index in [4.69, 9.17) is 22.0 Å². The molecule has 190 valence electrons. The fraction of sp³-hybridized carbons (Fsp3) is 0.316. The van der Waals surface area contributed by atoms with Gasteiger partial charge in [-0.25, -0.2) is 9.55 Å². The highest BCUT2D eigenvalue weighted by atomic mass is 32.2. The molecule has 2 aromatic rings. The molecule has 0 aliphatic carbocycles. The summed E-state index contributed by atoms with van der Waals surface area (Å²) in [4.78, 5) is 51.1. The van der Waals surface area contributed by atoms with Crippen molar-refractivity contribution in [3.8, 4) is 0 Å². The van der Waals surface area contributed by atoms with Crippen LogP contribution in [-0.4, -0.2) is 61.8 Å². The molecule has 7 N–H and O–H groups in total. The van der Waals surface area contributed by atoms with Gasteiger partial charge >= 0.3 is 5.95 Å². The van der Waals surface area contributed by atoms with E-state index >= 15 is 0 Å². The lowest BCUT2D eigenvalue weighted by Crippen LogP contribution is -2.71. The number of carbonyl (C=O) groups excluding carboxylic acids is 3. The minimum atomic E-state index is -1.47. The van der Waals surface area contributed by atoms with Crippen molar-refractivity contribution in [1.29, 1.82) is 0 Å². The lowest BCUT2D eigenvalue weighted by Gasteiger charge is -2.50. The highest BCUT2D eigenvalue weighted by molar-refractivity contribution is 8.01. The number of fused-ring (bicyclic) bond motifs is 1. The van der Waals surface area contributed by atoms with Crippen molar-refractivity contribution in [2.75, 3.05) is 28.7 Å². The maximum Gasteiger partial charge on any atom is 0.345 e. The molecule has 2 aromatic heterocycles. The van der Waals surface area contributed by atoms with Crippen molar-refractivity contribution >= 4 is 75.8 Å². The van der Waals surface area contributed by atoms with E-state index in [1.807, 2.05) is 0 Å². The number of oxime groups is 1. The van der Waals surface area contributed by atoms with Gasteiger partial charge in [0.05, 0.1) is 24.4 Å². The van der Waals surface area contributed by atoms with Gasteiger partial charge in [0.1, 0.15) is 17.6 Å². The lowest BCUT2D eigenvalue weighted by atomic mass is 10.0. The zero-order valence-corrected chi connectivity index (χ0v) is 21.2. The molecule has 1 fully saturated rings. The first kappa shape index (κ1) is 25.5. The molecule has 2 aliphatic rings. The second kappa shape index (κ2) is 10.6. The van der Waals surface area contributed by atoms with Crippen molar-refractivity contribution in [2.24, 2.45) is 12.2 Å². The lowest BCUT2D eigenvalue weighted by molar-refractivity contribution is -0.645. The number of carboxylic acid groups (broad SMARTS) is 1. The number of aromatic nitrogens is 3. The zero-order chi connectivity index (χ0) is 26.0. The number of aliphatic carboxylic acids is 1. The summed E-state index contributed by atoms with van der Waals surface area (Å²) in [6.45, 7) is 0.0305. The molecule has 1 saturated heterocycles. The number of nitrogens with two attached hydrogens (primary N) is 3. The Morgan fingerprint density at radius 3 is 2.86 bits per heavy atom. The molecule has 4 heterocycles. The average Bonchev–Trinajstić information content (AvgIpc) is 3.26. The monoisotopic (exact) mass is 551 g/mol. The van der Waals surface area contributed by atoms with E-state index in [9.17, 15) is 19.5 Å². The summed E-state index contributed by atoms with van der Waals surface area (Å²) in [7, 11) is 1.67. The van der Waals surface area contributed by atoms with Crippen LogP contribution < -0.4 is 32.2 Å². The van der Waals surface area contributed by atoms with E-state index < -0.39 is 29.2 Å². The van der Waals surface area contributed by atoms with Gasteiger partial charge in [0.2, 0.25) is 0 Å². The van der Waals surface area contributed by atoms with Crippen LogP contribution in [-0.2, 0) is 32.9 Å². The third-order valence-corrected chi connectivity index (χ3v) is 8.25. The number of anilines is 3. The van der Waals surface area contributed by atoms with Crippen molar-refractivity contribution in [1.82, 2.24) is 20.2 Å². The van der Waals surface area contributed by atoms with Crippen molar-refractivity contribution in [3.63, 3.8) is 0 Å². The molecule has 36 heavy (non-hydrogen) atoms. The topological polar surface area (TPSA) is 219 Å². The van der Waals surface area contributed by atoms with Crippen molar-refractivity contribution in [3.05, 3.63) is 28.4 Å². The number of nitrogens with zero attached hydrogens (tertiary/aromatic N) is 5. The Bertz CT molecular complexity index is 1260. The summed E-state index contributed by atoms with van der Waals surface area (Å²) in [5.74, 6) is -1.54. The minimum absolute atomic E-state index is 0.0305. The fourth-order valence-electron chi connectivity index (χ4n) is 3.36. The molecule has 0 bridgehead atoms. The summed E-state index contributed by atoms with van der Waals surface area (Å²) in [5.41, 5.74) is 18.1. The van der Waals surface area contributed by atoms with E-state index in [-0.39, 0.29) is 24.0 Å². The number of thiazole rings is 1. The van der Waals surface area contributed by atoms with E-state index in [0.717, 1.165) is 11.1 Å². The normalized spacial score (nSPS) is 19.2. The fourth-order valence-corrected chi connectivity index (χ4v) is 6.31. The molecule has 2 unspecified atom stereocenters. The van der Waals surface area contributed by atoms with Crippen molar-refractivity contribution in [2.45, 2.75) is 23.0 Å². The smallest absolute Gasteiger partial charge is 0.345 e. The van der Waals surface area contributed by atoms with Gasteiger partial charge in [-0.2, -0.15) is 0 Å². The molecule has 2 aliphatic heterocycles. The van der Waals surface area contributed by atoms with E-state index in [1.165, 1.54) is 39.4 Å². The minimum Gasteiger partial charge on any atom is -0.543 e. The van der Waals surface area contributed by atoms with Crippen LogP contribution in [0, 0.1) is 0 Å². The first-order valence-electron chi connectivity index (χ1n) is 10.2. The number of nitrogen functional groups attached to an aromatic ring is 3. The number of carboxylic acids is 1. The van der Waals surface area contributed by atoms with Gasteiger partial charge in [-0.15, -0.1) is 28.1 Å². The SMILES string of the molecule is C[n+]1c(N)cc(SCC2=C(C(=O)[O-])N3C(=O)C(NC(=O)/C=N\OCc4csc(N)n4)C3SC2)nc1N. The molecule has 4 rings (SSSR count). The molecule has 0 aromatic carbocycles. The second-order valence-corrected chi connectivity index (χ2v) is 10.5. The summed E-state index contributed by atoms with van der Waals surface area (Å²) < 4.78 is 1.51. The molecule has 0 spiro atoms. The molecule has 2 amide bonds. The predicted molar refractivity (Wildman–Crippen MR) is 132 cm³/mol. The maximum atomic E-state index is 12.7. The van der Waals surface area contributed by atoms with Crippen LogP contribution in [0.25, 0.3) is 0 Å². The maximum absolute atomic E-state index is 12.7. The average molecular weight is 552 g/mol. The number of β-lactam (4-membered cyclic amide) rings is 1. The van der Waals surface area contributed by atoms with Crippen LogP contribution in [0.2, 0.25) is 0 Å². The Balaban J connectivity index is 1.36. The van der Waals surface area contributed by atoms with E-state index in [1.54, 1.807) is 18.5 Å². The highest BCUT2D eigenvalue weighted by Gasteiger charge is 2.52. The Labute approximate surface area is 216 Å². The molecule has 14 nitrogen and oxygen atoms in total. The van der Waals surface area contributed by atoms with Gasteiger partial charge in [0.15, 0.2) is 22.6 Å². The van der Waals surface area contributed by atoms with Crippen LogP contribution in [0.4, 0.5) is 16.9 Å². The third-order valence-electron chi connectivity index (χ3n) is 5.19. The van der Waals surface area contributed by atoms with Crippen LogP contribution in [0.15, 0.2) is 32.9 Å². The molecular weight excluding hydrogens is 530 g/mol. The van der Waals surface area contributed by atoms with Gasteiger partial charge in [-0.05, 0) is 5.57 Å². The quantitative estimate of drug-likeness (QED) is 0.0652. The van der Waals surface area contributed by atoms with Gasteiger partial charge in [0.25, 0.3) is 11.8 Å². The van der Waals surface area contributed by atoms with Crippen LogP contribution in [0.3, 0.4) is 0 Å². The number of amides is 2. The summed E-state index contributed by atoms with van der Waals surface area (Å²) in [6.07, 6.45) is 0.890. The Morgan fingerprint density at radius 2 is 2.19 bits per heavy atom. The number of nitrogens with one attached hydrogen (secondary N) is 1. The number of rotatable bonds is 9. The van der Waals surface area contributed by atoms with Crippen LogP contribution in [0.1, 0.15) is 5.69 Å². The number of hydrogen-bond acceptors (Lipinski definition) is 14. The van der Waals surface area contributed by atoms with Gasteiger partial charge in [-0.3, -0.25) is 14.5 Å². The van der Waals surface area contributed by atoms with Gasteiger partial charge < -0.3 is 37.3 Å². The van der Waals surface area contributed by atoms with Crippen LogP contribution in [0.5, 0.6) is 0 Å². The van der Waals surface area contributed by atoms with E-state index in [0.29, 0.717) is 33.0 Å². The predicted octanol–water partition coefficient (Wildman–Crippen LogP) is -2.19. The Morgan fingerprint density at radius 1 is 1.42 bits per heavy atom. The molecule has 0 radical (unpaired) electrons. The summed E-state index contributed by atoms with van der Waals surface area (Å²) in [6, 6.07) is 0.711. The van der Waals surface area contributed by atoms with E-state index in [2.05, 4.69) is 20.4 Å². The van der Waals surface area contributed by atoms with Gasteiger partial charge in [-0.1, -0.05) is 16.9 Å². The molecular formula is C19H21N9O5S3. The second-order valence-electron chi connectivity index (χ2n) is 7.55. The number of hydrogen-bond donors (Lipinski definition) is 4. The summed E-state index contributed by atoms with van der Waals surface area (Å²) >= 11 is 3.82. The number of thioether (sulfide) groups is 2. The largest absolute Gasteiger partial charge is 0.543 e. The molecule has 0 saturated carbocycles. The Hall–Kier alpha value is -3.57. The standard InChI is InChI=1S/C19H21N9O5S3/c1-27-10(20)2-12(26-18(27)21)34-5-8-6-35-16-13(15(30)28(16)14(8)17(31)32)25-11(29)3-23-33-4-9-7-36-19(22)24-9/h2-3,7,13,16H,4-6H2,1H3,(H7,20,21,22,24,25,26,29,31,32)/b23-3-. The summed E-state index contributed by atoms with van der Waals surface area (Å²) in [5, 5.41) is 20.0. The number of carbonyl (C=O) groups is 3.